The van der Waals surface area contributed by atoms with Gasteiger partial charge in [0.15, 0.2) is 0 Å². The van der Waals surface area contributed by atoms with Crippen molar-refractivity contribution in [2.45, 2.75) is 44.3 Å². The standard InChI is InChI=1S/C10H19N3O5/c1-5(9(15)16)13-8(14)6(11)3-2-4-7(12)10(17)18/h5-7H,2-4,11-12H2,1H3,(H,13,14)(H,15,16)(H,17,18)/t5-,6+,7-/m0/s1. The molecule has 0 aromatic heterocycles. The molecule has 0 fully saturated rings. The Morgan fingerprint density at radius 2 is 1.56 bits per heavy atom. The number of carbonyl (C=O) groups is 3. The van der Waals surface area contributed by atoms with Crippen LogP contribution < -0.4 is 16.8 Å². The number of carboxylic acid groups (broad SMARTS) is 2. The molecule has 0 unspecified atom stereocenters. The number of nitrogens with two attached hydrogens (primary N) is 2. The Balaban J connectivity index is 3.95. The van der Waals surface area contributed by atoms with Crippen LogP contribution in [0.2, 0.25) is 0 Å². The van der Waals surface area contributed by atoms with Gasteiger partial charge in [-0.15, -0.1) is 0 Å². The molecule has 0 aliphatic carbocycles. The van der Waals surface area contributed by atoms with Crippen LogP contribution in [0.4, 0.5) is 0 Å². The van der Waals surface area contributed by atoms with Crippen molar-refractivity contribution >= 4 is 17.8 Å². The third-order valence-electron chi connectivity index (χ3n) is 2.41. The van der Waals surface area contributed by atoms with Crippen LogP contribution in [0.3, 0.4) is 0 Å². The van der Waals surface area contributed by atoms with Crippen LogP contribution in [0.5, 0.6) is 0 Å². The van der Waals surface area contributed by atoms with E-state index in [0.29, 0.717) is 6.42 Å². The van der Waals surface area contributed by atoms with Crippen LogP contribution >= 0.6 is 0 Å². The first-order valence-corrected chi connectivity index (χ1v) is 5.52. The highest BCUT2D eigenvalue weighted by molar-refractivity contribution is 5.86. The van der Waals surface area contributed by atoms with E-state index in [1.807, 2.05) is 0 Å². The molecule has 0 aromatic carbocycles. The molecule has 1 amide bonds. The van der Waals surface area contributed by atoms with E-state index in [1.165, 1.54) is 6.92 Å². The van der Waals surface area contributed by atoms with E-state index in [0.717, 1.165) is 0 Å². The number of hydrogen-bond donors (Lipinski definition) is 5. The molecule has 8 nitrogen and oxygen atoms in total. The maximum absolute atomic E-state index is 11.4. The Morgan fingerprint density at radius 3 is 2.00 bits per heavy atom. The Labute approximate surface area is 104 Å². The molecule has 0 rings (SSSR count). The minimum absolute atomic E-state index is 0.213. The molecule has 0 heterocycles. The van der Waals surface area contributed by atoms with Crippen LogP contribution in [0, 0.1) is 0 Å². The Kier molecular flexibility index (Phi) is 6.91. The molecule has 0 aliphatic rings. The summed E-state index contributed by atoms with van der Waals surface area (Å²) >= 11 is 0. The smallest absolute Gasteiger partial charge is 0.325 e. The molecule has 3 atom stereocenters. The molecule has 0 saturated heterocycles. The van der Waals surface area contributed by atoms with Crippen molar-refractivity contribution in [3.8, 4) is 0 Å². The number of rotatable bonds is 8. The summed E-state index contributed by atoms with van der Waals surface area (Å²) in [6.45, 7) is 1.33. The SMILES string of the molecule is C[C@H](NC(=O)[C@H](N)CCC[C@H](N)C(=O)O)C(=O)O. The molecule has 0 aromatic rings. The zero-order valence-corrected chi connectivity index (χ0v) is 10.1. The van der Waals surface area contributed by atoms with Crippen LogP contribution in [0.15, 0.2) is 0 Å². The van der Waals surface area contributed by atoms with Crippen molar-refractivity contribution in [3.05, 3.63) is 0 Å². The predicted octanol–water partition coefficient (Wildman–Crippen LogP) is -1.51. The minimum atomic E-state index is -1.15. The van der Waals surface area contributed by atoms with Gasteiger partial charge in [-0.3, -0.25) is 14.4 Å². The average Bonchev–Trinajstić information content (AvgIpc) is 2.27. The first-order chi connectivity index (χ1) is 8.25. The van der Waals surface area contributed by atoms with Crippen molar-refractivity contribution in [2.24, 2.45) is 11.5 Å². The van der Waals surface area contributed by atoms with Gasteiger partial charge in [0.25, 0.3) is 0 Å². The van der Waals surface area contributed by atoms with Crippen molar-refractivity contribution in [2.75, 3.05) is 0 Å². The number of carbonyl (C=O) groups excluding carboxylic acids is 1. The second-order valence-corrected chi connectivity index (χ2v) is 4.05. The van der Waals surface area contributed by atoms with Crippen molar-refractivity contribution in [3.63, 3.8) is 0 Å². The quantitative estimate of drug-likeness (QED) is 0.355. The molecule has 0 spiro atoms. The third-order valence-corrected chi connectivity index (χ3v) is 2.41. The number of nitrogens with one attached hydrogen (secondary N) is 1. The van der Waals surface area contributed by atoms with Gasteiger partial charge in [0, 0.05) is 0 Å². The van der Waals surface area contributed by atoms with E-state index in [1.54, 1.807) is 0 Å². The largest absolute Gasteiger partial charge is 0.480 e. The fraction of sp³-hybridized carbons (Fsp3) is 0.700. The van der Waals surface area contributed by atoms with E-state index in [-0.39, 0.29) is 12.8 Å². The third kappa shape index (κ3) is 6.16. The maximum Gasteiger partial charge on any atom is 0.325 e. The molecule has 8 heteroatoms. The zero-order valence-electron chi connectivity index (χ0n) is 10.1. The fourth-order valence-corrected chi connectivity index (χ4v) is 1.19. The Hall–Kier alpha value is -1.67. The molecular formula is C10H19N3O5. The summed E-state index contributed by atoms with van der Waals surface area (Å²) in [5.74, 6) is -2.83. The normalized spacial score (nSPS) is 15.5. The highest BCUT2D eigenvalue weighted by Crippen LogP contribution is 2.02. The predicted molar refractivity (Wildman–Crippen MR) is 62.7 cm³/mol. The van der Waals surface area contributed by atoms with Crippen LogP contribution in [-0.4, -0.2) is 46.2 Å². The minimum Gasteiger partial charge on any atom is -0.480 e. The van der Waals surface area contributed by atoms with E-state index in [4.69, 9.17) is 21.7 Å². The summed E-state index contributed by atoms with van der Waals surface area (Å²) in [6.07, 6.45) is 0.841. The van der Waals surface area contributed by atoms with Crippen molar-refractivity contribution < 1.29 is 24.6 Å². The number of amides is 1. The van der Waals surface area contributed by atoms with E-state index < -0.39 is 36.0 Å². The van der Waals surface area contributed by atoms with E-state index >= 15 is 0 Å². The maximum atomic E-state index is 11.4. The van der Waals surface area contributed by atoms with Gasteiger partial charge in [-0.05, 0) is 26.2 Å². The van der Waals surface area contributed by atoms with Gasteiger partial charge in [0.05, 0.1) is 6.04 Å². The molecule has 0 saturated carbocycles. The van der Waals surface area contributed by atoms with Crippen LogP contribution in [0.25, 0.3) is 0 Å². The highest BCUT2D eigenvalue weighted by atomic mass is 16.4. The first kappa shape index (κ1) is 16.3. The number of hydrogen-bond acceptors (Lipinski definition) is 5. The lowest BCUT2D eigenvalue weighted by Crippen LogP contribution is -2.47. The average molecular weight is 261 g/mol. The lowest BCUT2D eigenvalue weighted by atomic mass is 10.1. The van der Waals surface area contributed by atoms with Crippen LogP contribution in [0.1, 0.15) is 26.2 Å². The lowest BCUT2D eigenvalue weighted by molar-refractivity contribution is -0.141. The topological polar surface area (TPSA) is 156 Å². The Bertz CT molecular complexity index is 321. The summed E-state index contributed by atoms with van der Waals surface area (Å²) in [5, 5.41) is 19.3. The second kappa shape index (κ2) is 7.62. The summed E-state index contributed by atoms with van der Waals surface area (Å²) < 4.78 is 0. The van der Waals surface area contributed by atoms with Crippen LogP contribution in [-0.2, 0) is 14.4 Å². The summed E-state index contributed by atoms with van der Waals surface area (Å²) in [6, 6.07) is -2.85. The van der Waals surface area contributed by atoms with Gasteiger partial charge >= 0.3 is 11.9 Å². The first-order valence-electron chi connectivity index (χ1n) is 5.52. The van der Waals surface area contributed by atoms with Gasteiger partial charge in [0.1, 0.15) is 12.1 Å². The summed E-state index contributed by atoms with van der Waals surface area (Å²) in [5.41, 5.74) is 10.8. The highest BCUT2D eigenvalue weighted by Gasteiger charge is 2.19. The molecule has 104 valence electrons. The van der Waals surface area contributed by atoms with E-state index in [2.05, 4.69) is 5.32 Å². The van der Waals surface area contributed by atoms with Crippen molar-refractivity contribution in [1.29, 1.82) is 0 Å². The van der Waals surface area contributed by atoms with E-state index in [9.17, 15) is 14.4 Å². The molecule has 0 bridgehead atoms. The van der Waals surface area contributed by atoms with Gasteiger partial charge in [-0.2, -0.15) is 0 Å². The lowest BCUT2D eigenvalue weighted by Gasteiger charge is -2.15. The van der Waals surface area contributed by atoms with Gasteiger partial charge in [-0.25, -0.2) is 0 Å². The van der Waals surface area contributed by atoms with Gasteiger partial charge in [0.2, 0.25) is 5.91 Å². The summed E-state index contributed by atoms with van der Waals surface area (Å²) in [7, 11) is 0. The number of aliphatic carboxylic acids is 2. The molecular weight excluding hydrogens is 242 g/mol. The zero-order chi connectivity index (χ0) is 14.3. The van der Waals surface area contributed by atoms with Gasteiger partial charge < -0.3 is 27.0 Å². The summed E-state index contributed by atoms with van der Waals surface area (Å²) in [4.78, 5) is 32.3. The monoisotopic (exact) mass is 261 g/mol. The number of carboxylic acids is 2. The molecule has 7 N–H and O–H groups in total. The molecule has 0 radical (unpaired) electrons. The fourth-order valence-electron chi connectivity index (χ4n) is 1.19. The molecule has 0 aliphatic heterocycles. The molecule has 18 heavy (non-hydrogen) atoms. The second-order valence-electron chi connectivity index (χ2n) is 4.05. The van der Waals surface area contributed by atoms with Crippen molar-refractivity contribution in [1.82, 2.24) is 5.32 Å². The Morgan fingerprint density at radius 1 is 1.06 bits per heavy atom. The van der Waals surface area contributed by atoms with Gasteiger partial charge in [-0.1, -0.05) is 0 Å².